The molecular formula is C11H12BrN3O5S. The molecule has 10 heteroatoms. The second kappa shape index (κ2) is 6.08. The fourth-order valence-corrected chi connectivity index (χ4v) is 3.93. The maximum absolute atomic E-state index is 12.3. The van der Waals surface area contributed by atoms with E-state index in [1.807, 2.05) is 0 Å². The van der Waals surface area contributed by atoms with Crippen molar-refractivity contribution in [2.45, 2.75) is 23.8 Å². The van der Waals surface area contributed by atoms with E-state index in [2.05, 4.69) is 26.0 Å². The Morgan fingerprint density at radius 2 is 2.14 bits per heavy atom. The molecule has 114 valence electrons. The number of carbonyl (C=O) groups excluding carboxylic acids is 1. The average molecular weight is 378 g/mol. The number of hydrogen-bond donors (Lipinski definition) is 2. The molecule has 1 saturated heterocycles. The van der Waals surface area contributed by atoms with Gasteiger partial charge in [0, 0.05) is 17.1 Å². The van der Waals surface area contributed by atoms with Crippen LogP contribution in [0.4, 0.5) is 5.69 Å². The van der Waals surface area contributed by atoms with Crippen molar-refractivity contribution in [1.29, 1.82) is 0 Å². The topological polar surface area (TPSA) is 118 Å². The van der Waals surface area contributed by atoms with E-state index in [-0.39, 0.29) is 0 Å². The summed E-state index contributed by atoms with van der Waals surface area (Å²) in [4.78, 5) is 21.3. The zero-order chi connectivity index (χ0) is 15.6. The number of nitrogens with one attached hydrogen (secondary N) is 2. The molecule has 8 nitrogen and oxygen atoms in total. The van der Waals surface area contributed by atoms with Crippen LogP contribution in [0.5, 0.6) is 0 Å². The van der Waals surface area contributed by atoms with Gasteiger partial charge in [-0.25, -0.2) is 8.42 Å². The van der Waals surface area contributed by atoms with Gasteiger partial charge in [0.05, 0.1) is 4.92 Å². The second-order valence-electron chi connectivity index (χ2n) is 4.48. The second-order valence-corrected chi connectivity index (χ2v) is 7.07. The van der Waals surface area contributed by atoms with E-state index in [0.717, 1.165) is 12.1 Å². The van der Waals surface area contributed by atoms with Gasteiger partial charge in [-0.15, -0.1) is 0 Å². The van der Waals surface area contributed by atoms with E-state index in [9.17, 15) is 23.3 Å². The smallest absolute Gasteiger partial charge is 0.289 e. The summed E-state index contributed by atoms with van der Waals surface area (Å²) in [6.45, 7) is 0.494. The van der Waals surface area contributed by atoms with Gasteiger partial charge in [-0.1, -0.05) is 15.9 Å². The van der Waals surface area contributed by atoms with Gasteiger partial charge in [0.15, 0.2) is 4.90 Å². The largest absolute Gasteiger partial charge is 0.355 e. The maximum Gasteiger partial charge on any atom is 0.289 e. The summed E-state index contributed by atoms with van der Waals surface area (Å²) in [6, 6.07) is 2.70. The third-order valence-electron chi connectivity index (χ3n) is 2.99. The number of piperidine rings is 1. The highest BCUT2D eigenvalue weighted by Gasteiger charge is 2.32. The predicted octanol–water partition coefficient (Wildman–Crippen LogP) is 0.914. The molecule has 1 aliphatic rings. The van der Waals surface area contributed by atoms with E-state index >= 15 is 0 Å². The molecule has 2 rings (SSSR count). The van der Waals surface area contributed by atoms with Gasteiger partial charge >= 0.3 is 0 Å². The van der Waals surface area contributed by atoms with Crippen LogP contribution in [0.15, 0.2) is 27.6 Å². The first kappa shape index (κ1) is 15.9. The Balaban J connectivity index is 2.37. The lowest BCUT2D eigenvalue weighted by molar-refractivity contribution is -0.387. The van der Waals surface area contributed by atoms with Crippen LogP contribution in [0, 0.1) is 10.1 Å². The van der Waals surface area contributed by atoms with Gasteiger partial charge in [-0.2, -0.15) is 4.72 Å². The first-order chi connectivity index (χ1) is 9.81. The van der Waals surface area contributed by atoms with E-state index in [4.69, 9.17) is 0 Å². The Morgan fingerprint density at radius 3 is 2.76 bits per heavy atom. The number of halogens is 1. The van der Waals surface area contributed by atoms with Crippen LogP contribution in [0.3, 0.4) is 0 Å². The van der Waals surface area contributed by atoms with Crippen molar-refractivity contribution in [2.24, 2.45) is 0 Å². The molecule has 21 heavy (non-hydrogen) atoms. The number of hydrogen-bond acceptors (Lipinski definition) is 5. The molecule has 1 fully saturated rings. The molecule has 1 unspecified atom stereocenters. The maximum atomic E-state index is 12.3. The quantitative estimate of drug-likeness (QED) is 0.597. The molecule has 1 heterocycles. The minimum Gasteiger partial charge on any atom is -0.355 e. The van der Waals surface area contributed by atoms with E-state index in [0.29, 0.717) is 23.9 Å². The van der Waals surface area contributed by atoms with E-state index in [1.165, 1.54) is 6.07 Å². The lowest BCUT2D eigenvalue weighted by Gasteiger charge is -2.22. The Bertz CT molecular complexity index is 691. The zero-order valence-corrected chi connectivity index (χ0v) is 13.1. The number of nitrogens with zero attached hydrogens (tertiary/aromatic N) is 1. The summed E-state index contributed by atoms with van der Waals surface area (Å²) >= 11 is 3.08. The van der Waals surface area contributed by atoms with Crippen molar-refractivity contribution in [1.82, 2.24) is 10.0 Å². The predicted molar refractivity (Wildman–Crippen MR) is 77.1 cm³/mol. The summed E-state index contributed by atoms with van der Waals surface area (Å²) in [5.74, 6) is -0.428. The molecule has 0 spiro atoms. The van der Waals surface area contributed by atoms with Gasteiger partial charge in [-0.3, -0.25) is 14.9 Å². The molecule has 0 radical (unpaired) electrons. The lowest BCUT2D eigenvalue weighted by atomic mass is 10.1. The summed E-state index contributed by atoms with van der Waals surface area (Å²) in [5.41, 5.74) is -0.540. The SMILES string of the molecule is O=C1NCCCC1NS(=O)(=O)c1cc(Br)ccc1[N+](=O)[O-]. The molecule has 0 bridgehead atoms. The molecule has 1 amide bonds. The number of amides is 1. The van der Waals surface area contributed by atoms with E-state index < -0.39 is 37.5 Å². The van der Waals surface area contributed by atoms with Crippen molar-refractivity contribution in [3.63, 3.8) is 0 Å². The number of nitro benzene ring substituents is 1. The van der Waals surface area contributed by atoms with Crippen molar-refractivity contribution in [3.8, 4) is 0 Å². The van der Waals surface area contributed by atoms with Crippen LogP contribution in [0.1, 0.15) is 12.8 Å². The number of rotatable bonds is 4. The van der Waals surface area contributed by atoms with Crippen LogP contribution in [0.2, 0.25) is 0 Å². The minimum atomic E-state index is -4.17. The summed E-state index contributed by atoms with van der Waals surface area (Å²) < 4.78 is 27.2. The van der Waals surface area contributed by atoms with Crippen molar-refractivity contribution >= 4 is 37.5 Å². The standard InChI is InChI=1S/C11H12BrN3O5S/c12-7-3-4-9(15(17)18)10(6-7)21(19,20)14-8-2-1-5-13-11(8)16/h3-4,6,8,14H,1-2,5H2,(H,13,16). The van der Waals surface area contributed by atoms with Crippen LogP contribution >= 0.6 is 15.9 Å². The third-order valence-corrected chi connectivity index (χ3v) is 4.98. The average Bonchev–Trinajstić information content (AvgIpc) is 2.41. The first-order valence-electron chi connectivity index (χ1n) is 6.05. The van der Waals surface area contributed by atoms with Crippen LogP contribution in [-0.2, 0) is 14.8 Å². The summed E-state index contributed by atoms with van der Waals surface area (Å²) in [5, 5.41) is 13.5. The molecule has 0 aliphatic carbocycles. The highest BCUT2D eigenvalue weighted by atomic mass is 79.9. The zero-order valence-electron chi connectivity index (χ0n) is 10.7. The van der Waals surface area contributed by atoms with Gasteiger partial charge in [0.25, 0.3) is 5.69 Å². The van der Waals surface area contributed by atoms with Crippen LogP contribution in [0.25, 0.3) is 0 Å². The number of benzene rings is 1. The van der Waals surface area contributed by atoms with E-state index in [1.54, 1.807) is 0 Å². The van der Waals surface area contributed by atoms with Gasteiger partial charge < -0.3 is 5.32 Å². The number of nitro groups is 1. The fourth-order valence-electron chi connectivity index (χ4n) is 1.99. The normalized spacial score (nSPS) is 19.1. The van der Waals surface area contributed by atoms with Crippen LogP contribution < -0.4 is 10.0 Å². The molecule has 1 atom stereocenters. The number of carbonyl (C=O) groups is 1. The molecular weight excluding hydrogens is 366 g/mol. The monoisotopic (exact) mass is 377 g/mol. The molecule has 1 aliphatic heterocycles. The first-order valence-corrected chi connectivity index (χ1v) is 8.33. The lowest BCUT2D eigenvalue weighted by Crippen LogP contribution is -2.50. The molecule has 0 aromatic heterocycles. The molecule has 0 saturated carbocycles. The molecule has 1 aromatic carbocycles. The van der Waals surface area contributed by atoms with Crippen molar-refractivity contribution < 1.29 is 18.1 Å². The minimum absolute atomic E-state index is 0.354. The third kappa shape index (κ3) is 3.57. The Hall–Kier alpha value is -1.52. The number of sulfonamides is 1. The highest BCUT2D eigenvalue weighted by molar-refractivity contribution is 9.10. The molecule has 2 N–H and O–H groups in total. The van der Waals surface area contributed by atoms with Gasteiger partial charge in [0.1, 0.15) is 6.04 Å². The fraction of sp³-hybridized carbons (Fsp3) is 0.364. The van der Waals surface area contributed by atoms with Crippen LogP contribution in [-0.4, -0.2) is 31.8 Å². The Morgan fingerprint density at radius 1 is 1.43 bits per heavy atom. The van der Waals surface area contributed by atoms with Gasteiger partial charge in [-0.05, 0) is 25.0 Å². The van der Waals surface area contributed by atoms with Crippen molar-refractivity contribution in [2.75, 3.05) is 6.54 Å². The Kier molecular flexibility index (Phi) is 4.59. The van der Waals surface area contributed by atoms with Gasteiger partial charge in [0.2, 0.25) is 15.9 Å². The molecule has 1 aromatic rings. The summed E-state index contributed by atoms with van der Waals surface area (Å²) in [6.07, 6.45) is 0.992. The Labute approximate surface area is 129 Å². The van der Waals surface area contributed by atoms with Crippen molar-refractivity contribution in [3.05, 3.63) is 32.8 Å². The highest BCUT2D eigenvalue weighted by Crippen LogP contribution is 2.27. The summed E-state index contributed by atoms with van der Waals surface area (Å²) in [7, 11) is -4.17.